The summed E-state index contributed by atoms with van der Waals surface area (Å²) in [4.78, 5) is 8.97. The van der Waals surface area contributed by atoms with E-state index in [1.54, 1.807) is 12.3 Å². The Morgan fingerprint density at radius 2 is 2.08 bits per heavy atom. The van der Waals surface area contributed by atoms with E-state index in [0.29, 0.717) is 52.7 Å². The molecule has 5 nitrogen and oxygen atoms in total. The largest absolute Gasteiger partial charge is 0.510 e. The van der Waals surface area contributed by atoms with Crippen molar-refractivity contribution in [2.24, 2.45) is 28.5 Å². The lowest BCUT2D eigenvalue weighted by Crippen LogP contribution is -2.27. The van der Waals surface area contributed by atoms with Gasteiger partial charge in [-0.05, 0) is 36.8 Å². The third-order valence-corrected chi connectivity index (χ3v) is 4.78. The maximum Gasteiger partial charge on any atom is 0.123 e. The van der Waals surface area contributed by atoms with Crippen molar-refractivity contribution >= 4 is 17.1 Å². The van der Waals surface area contributed by atoms with Crippen LogP contribution >= 0.6 is 0 Å². The summed E-state index contributed by atoms with van der Waals surface area (Å²) >= 11 is 0. The van der Waals surface area contributed by atoms with Gasteiger partial charge in [0.25, 0.3) is 0 Å². The predicted octanol–water partition coefficient (Wildman–Crippen LogP) is 4.23. The van der Waals surface area contributed by atoms with E-state index in [9.17, 15) is 5.11 Å². The molecule has 0 spiro atoms. The Hall–Kier alpha value is -2.56. The Labute approximate surface area is 149 Å². The number of aliphatic imine (C=N–C) groups is 1. The van der Waals surface area contributed by atoms with Gasteiger partial charge in [0, 0.05) is 29.9 Å². The molecule has 2 heterocycles. The van der Waals surface area contributed by atoms with E-state index in [4.69, 9.17) is 10.7 Å². The standard InChI is InChI=1S/C20H26N4O/c1-11(2)16-10-18(25)19(24-20(16)14-5-6-14)13(4)23-15-7-8-22-17(9-15)12(3)21/h7-9,11,14,16,25H,3-6,10,21H2,1-2H3,(H,22,23). The molecule has 1 unspecified atom stereocenters. The van der Waals surface area contributed by atoms with E-state index < -0.39 is 0 Å². The van der Waals surface area contributed by atoms with Crippen LogP contribution in [-0.4, -0.2) is 15.8 Å². The molecule has 2 aliphatic rings. The number of nitrogens with zero attached hydrogens (tertiary/aromatic N) is 2. The lowest BCUT2D eigenvalue weighted by atomic mass is 9.83. The molecule has 0 bridgehead atoms. The molecular formula is C20H26N4O. The molecule has 0 radical (unpaired) electrons. The van der Waals surface area contributed by atoms with Crippen molar-refractivity contribution in [2.45, 2.75) is 33.1 Å². The van der Waals surface area contributed by atoms with Crippen LogP contribution in [0.1, 0.15) is 38.8 Å². The average Bonchev–Trinajstić information content (AvgIpc) is 3.39. The van der Waals surface area contributed by atoms with Crippen LogP contribution in [0.4, 0.5) is 5.69 Å². The van der Waals surface area contributed by atoms with Crippen LogP contribution < -0.4 is 11.1 Å². The zero-order chi connectivity index (χ0) is 18.1. The first-order valence-electron chi connectivity index (χ1n) is 8.74. The zero-order valence-electron chi connectivity index (χ0n) is 14.9. The van der Waals surface area contributed by atoms with E-state index in [1.807, 2.05) is 6.07 Å². The van der Waals surface area contributed by atoms with Gasteiger partial charge < -0.3 is 16.2 Å². The summed E-state index contributed by atoms with van der Waals surface area (Å²) in [7, 11) is 0. The molecule has 5 heteroatoms. The summed E-state index contributed by atoms with van der Waals surface area (Å²) in [6, 6.07) is 3.62. The molecule has 4 N–H and O–H groups in total. The van der Waals surface area contributed by atoms with Gasteiger partial charge in [-0.2, -0.15) is 0 Å². The molecule has 132 valence electrons. The van der Waals surface area contributed by atoms with Gasteiger partial charge in [-0.3, -0.25) is 9.98 Å². The lowest BCUT2D eigenvalue weighted by Gasteiger charge is -2.28. The fourth-order valence-corrected chi connectivity index (χ4v) is 3.20. The van der Waals surface area contributed by atoms with Crippen molar-refractivity contribution in [3.63, 3.8) is 0 Å². The van der Waals surface area contributed by atoms with Crippen LogP contribution in [0.15, 0.2) is 53.6 Å². The Balaban J connectivity index is 1.83. The van der Waals surface area contributed by atoms with Gasteiger partial charge in [-0.1, -0.05) is 27.0 Å². The Morgan fingerprint density at radius 3 is 2.68 bits per heavy atom. The smallest absolute Gasteiger partial charge is 0.123 e. The molecular weight excluding hydrogens is 312 g/mol. The fraction of sp³-hybridized carbons (Fsp3) is 0.400. The second-order valence-electron chi connectivity index (χ2n) is 7.22. The van der Waals surface area contributed by atoms with Gasteiger partial charge in [0.05, 0.1) is 17.1 Å². The lowest BCUT2D eigenvalue weighted by molar-refractivity contribution is 0.334. The van der Waals surface area contributed by atoms with Crippen molar-refractivity contribution in [3.8, 4) is 0 Å². The van der Waals surface area contributed by atoms with Crippen molar-refractivity contribution in [1.29, 1.82) is 0 Å². The van der Waals surface area contributed by atoms with Crippen LogP contribution in [-0.2, 0) is 0 Å². The van der Waals surface area contributed by atoms with E-state index >= 15 is 0 Å². The molecule has 1 atom stereocenters. The van der Waals surface area contributed by atoms with Crippen LogP contribution in [0.2, 0.25) is 0 Å². The summed E-state index contributed by atoms with van der Waals surface area (Å²) in [5.74, 6) is 1.65. The number of rotatable bonds is 6. The average molecular weight is 338 g/mol. The summed E-state index contributed by atoms with van der Waals surface area (Å²) in [5.41, 5.74) is 9.87. The summed E-state index contributed by atoms with van der Waals surface area (Å²) < 4.78 is 0. The van der Waals surface area contributed by atoms with Crippen molar-refractivity contribution in [2.75, 3.05) is 5.32 Å². The first-order valence-corrected chi connectivity index (χ1v) is 8.74. The van der Waals surface area contributed by atoms with Crippen molar-refractivity contribution < 1.29 is 5.11 Å². The number of aliphatic hydroxyl groups excluding tert-OH is 1. The highest BCUT2D eigenvalue weighted by Crippen LogP contribution is 2.41. The fourth-order valence-electron chi connectivity index (χ4n) is 3.20. The highest BCUT2D eigenvalue weighted by Gasteiger charge is 2.37. The minimum absolute atomic E-state index is 0.304. The number of allylic oxidation sites excluding steroid dienone is 1. The van der Waals surface area contributed by atoms with Gasteiger partial charge >= 0.3 is 0 Å². The topological polar surface area (TPSA) is 83.5 Å². The third kappa shape index (κ3) is 3.76. The molecule has 0 saturated heterocycles. The number of anilines is 1. The van der Waals surface area contributed by atoms with Crippen LogP contribution in [0, 0.1) is 17.8 Å². The van der Waals surface area contributed by atoms with E-state index in [2.05, 4.69) is 37.3 Å². The normalized spacial score (nSPS) is 20.4. The quantitative estimate of drug-likeness (QED) is 0.724. The molecule has 25 heavy (non-hydrogen) atoms. The molecule has 1 aliphatic heterocycles. The van der Waals surface area contributed by atoms with Gasteiger partial charge in [-0.25, -0.2) is 0 Å². The number of nitrogens with one attached hydrogen (secondary N) is 1. The van der Waals surface area contributed by atoms with Crippen LogP contribution in [0.25, 0.3) is 5.70 Å². The van der Waals surface area contributed by atoms with Gasteiger partial charge in [0.15, 0.2) is 0 Å². The molecule has 1 aromatic rings. The second-order valence-corrected chi connectivity index (χ2v) is 7.22. The van der Waals surface area contributed by atoms with Gasteiger partial charge in [0.2, 0.25) is 0 Å². The number of aromatic nitrogens is 1. The Bertz CT molecular complexity index is 772. The van der Waals surface area contributed by atoms with Crippen LogP contribution in [0.3, 0.4) is 0 Å². The van der Waals surface area contributed by atoms with Crippen molar-refractivity contribution in [3.05, 3.63) is 54.3 Å². The molecule has 1 saturated carbocycles. The summed E-state index contributed by atoms with van der Waals surface area (Å²) in [6.07, 6.45) is 4.68. The number of pyridine rings is 1. The Kier molecular flexibility index (Phi) is 4.66. The highest BCUT2D eigenvalue weighted by atomic mass is 16.3. The monoisotopic (exact) mass is 338 g/mol. The molecule has 1 aliphatic carbocycles. The summed E-state index contributed by atoms with van der Waals surface area (Å²) in [5, 5.41) is 13.7. The SMILES string of the molecule is C=C(Nc1ccnc(C(=C)N)c1)C1=C(O)CC(C(C)C)C(C2CC2)=N1. The Morgan fingerprint density at radius 1 is 1.36 bits per heavy atom. The first kappa shape index (κ1) is 17.3. The molecule has 0 aromatic carbocycles. The van der Waals surface area contributed by atoms with Crippen LogP contribution in [0.5, 0.6) is 0 Å². The van der Waals surface area contributed by atoms with Crippen molar-refractivity contribution in [1.82, 2.24) is 4.98 Å². The minimum atomic E-state index is 0.304. The van der Waals surface area contributed by atoms with E-state index in [1.165, 1.54) is 18.6 Å². The molecule has 1 fully saturated rings. The second kappa shape index (κ2) is 6.75. The number of nitrogens with two attached hydrogens (primary N) is 1. The molecule has 1 aromatic heterocycles. The zero-order valence-corrected chi connectivity index (χ0v) is 14.9. The molecule has 3 rings (SSSR count). The number of hydrogen-bond acceptors (Lipinski definition) is 5. The predicted molar refractivity (Wildman–Crippen MR) is 103 cm³/mol. The van der Waals surface area contributed by atoms with Gasteiger partial charge in [0.1, 0.15) is 11.5 Å². The first-order chi connectivity index (χ1) is 11.9. The summed E-state index contributed by atoms with van der Waals surface area (Å²) in [6.45, 7) is 12.1. The third-order valence-electron chi connectivity index (χ3n) is 4.78. The maximum atomic E-state index is 10.5. The number of hydrogen-bond donors (Lipinski definition) is 3. The minimum Gasteiger partial charge on any atom is -0.510 e. The van der Waals surface area contributed by atoms with E-state index in [-0.39, 0.29) is 0 Å². The van der Waals surface area contributed by atoms with Gasteiger partial charge in [-0.15, -0.1) is 0 Å². The molecule has 0 amide bonds. The number of aliphatic hydroxyl groups is 1. The van der Waals surface area contributed by atoms with E-state index in [0.717, 1.165) is 5.69 Å². The highest BCUT2D eigenvalue weighted by molar-refractivity contribution is 5.93. The maximum absolute atomic E-state index is 10.5.